The molecule has 0 bridgehead atoms. The van der Waals surface area contributed by atoms with Crippen LogP contribution in [0.3, 0.4) is 0 Å². The van der Waals surface area contributed by atoms with Crippen molar-refractivity contribution in [2.75, 3.05) is 41.4 Å². The summed E-state index contributed by atoms with van der Waals surface area (Å²) in [6.07, 6.45) is 3.65. The molecule has 0 amide bonds. The van der Waals surface area contributed by atoms with Gasteiger partial charge in [0.2, 0.25) is 11.5 Å². The fourth-order valence-electron chi connectivity index (χ4n) is 6.26. The molecule has 2 heterocycles. The van der Waals surface area contributed by atoms with E-state index in [2.05, 4.69) is 41.8 Å². The molecule has 37 heavy (non-hydrogen) atoms. The van der Waals surface area contributed by atoms with Crippen molar-refractivity contribution in [2.45, 2.75) is 65.5 Å². The maximum atomic E-state index is 11.8. The summed E-state index contributed by atoms with van der Waals surface area (Å²) in [5, 5.41) is 23.1. The Morgan fingerprint density at radius 3 is 1.76 bits per heavy atom. The van der Waals surface area contributed by atoms with E-state index in [9.17, 15) is 10.2 Å². The van der Waals surface area contributed by atoms with Gasteiger partial charge in [-0.05, 0) is 35.1 Å². The molecule has 0 spiro atoms. The van der Waals surface area contributed by atoms with Gasteiger partial charge in [0, 0.05) is 25.7 Å². The van der Waals surface area contributed by atoms with E-state index in [0.717, 1.165) is 61.0 Å². The van der Waals surface area contributed by atoms with Crippen molar-refractivity contribution in [3.63, 3.8) is 0 Å². The standard InChI is InChI=1S/C30H44N2O5/c1-17(2)13-21-25-19(9-11-31(21)5)16-24(36-8)29(28(25)34)37-30-26-20(15-23(35-7)27(30)33)10-12-32(6)22(26)14-18(3)4/h15-18,21-22,33-34H,9-14H2,1-8H3/p+2/t21-,22+/m0/s1. The number of benzene rings is 2. The lowest BCUT2D eigenvalue weighted by Gasteiger charge is -2.35. The fourth-order valence-corrected chi connectivity index (χ4v) is 6.26. The van der Waals surface area contributed by atoms with Gasteiger partial charge >= 0.3 is 0 Å². The van der Waals surface area contributed by atoms with Crippen molar-refractivity contribution < 1.29 is 34.2 Å². The maximum absolute atomic E-state index is 11.8. The first-order valence-corrected chi connectivity index (χ1v) is 13.7. The van der Waals surface area contributed by atoms with Crippen LogP contribution in [-0.2, 0) is 12.8 Å². The Kier molecular flexibility index (Phi) is 8.14. The molecule has 2 aromatic carbocycles. The van der Waals surface area contributed by atoms with E-state index in [1.807, 2.05) is 12.1 Å². The number of rotatable bonds is 8. The fraction of sp³-hybridized carbons (Fsp3) is 0.600. The van der Waals surface area contributed by atoms with Crippen molar-refractivity contribution in [1.29, 1.82) is 0 Å². The molecule has 2 aliphatic rings. The molecule has 2 unspecified atom stereocenters. The Balaban J connectivity index is 1.91. The smallest absolute Gasteiger partial charge is 0.211 e. The number of likely N-dealkylation sites (N-methyl/N-ethyl adjacent to an activating group) is 2. The molecule has 204 valence electrons. The van der Waals surface area contributed by atoms with Crippen molar-refractivity contribution in [3.05, 3.63) is 34.4 Å². The summed E-state index contributed by atoms with van der Waals surface area (Å²) in [4.78, 5) is 2.77. The largest absolute Gasteiger partial charge is 0.504 e. The number of nitrogens with one attached hydrogen (secondary N) is 2. The van der Waals surface area contributed by atoms with E-state index in [-0.39, 0.29) is 29.3 Å². The Bertz CT molecular complexity index is 1130. The molecule has 0 fully saturated rings. The zero-order chi connectivity index (χ0) is 27.0. The number of hydrogen-bond donors (Lipinski definition) is 4. The molecular weight excluding hydrogens is 468 g/mol. The molecule has 0 saturated carbocycles. The summed E-state index contributed by atoms with van der Waals surface area (Å²) in [5.74, 6) is 2.54. The third-order valence-corrected chi connectivity index (χ3v) is 8.21. The summed E-state index contributed by atoms with van der Waals surface area (Å²) in [5.41, 5.74) is 4.17. The molecule has 0 saturated heterocycles. The minimum atomic E-state index is -0.0367. The van der Waals surface area contributed by atoms with Crippen LogP contribution >= 0.6 is 0 Å². The van der Waals surface area contributed by atoms with E-state index in [0.29, 0.717) is 29.1 Å². The number of aromatic hydroxyl groups is 2. The van der Waals surface area contributed by atoms with Gasteiger partial charge in [0.05, 0.1) is 52.5 Å². The number of hydrogen-bond acceptors (Lipinski definition) is 5. The summed E-state index contributed by atoms with van der Waals surface area (Å²) in [6.45, 7) is 10.9. The van der Waals surface area contributed by atoms with Crippen LogP contribution in [0.4, 0.5) is 0 Å². The zero-order valence-electron chi connectivity index (χ0n) is 23.8. The molecule has 0 aromatic heterocycles. The molecule has 2 aromatic rings. The van der Waals surface area contributed by atoms with Crippen molar-refractivity contribution in [2.24, 2.45) is 11.8 Å². The van der Waals surface area contributed by atoms with E-state index >= 15 is 0 Å². The molecule has 4 rings (SSSR count). The number of phenolic OH excluding ortho intramolecular Hbond substituents is 2. The topological polar surface area (TPSA) is 77.0 Å². The second-order valence-electron chi connectivity index (χ2n) is 11.8. The van der Waals surface area contributed by atoms with Gasteiger partial charge < -0.3 is 34.2 Å². The van der Waals surface area contributed by atoms with Crippen LogP contribution < -0.4 is 24.0 Å². The minimum Gasteiger partial charge on any atom is -0.504 e. The predicted octanol–water partition coefficient (Wildman–Crippen LogP) is 3.22. The molecule has 7 heteroatoms. The lowest BCUT2D eigenvalue weighted by molar-refractivity contribution is -0.915. The first-order chi connectivity index (χ1) is 17.6. The van der Waals surface area contributed by atoms with E-state index in [1.54, 1.807) is 14.2 Å². The zero-order valence-corrected chi connectivity index (χ0v) is 23.8. The summed E-state index contributed by atoms with van der Waals surface area (Å²) in [6, 6.07) is 4.27. The Morgan fingerprint density at radius 2 is 1.24 bits per heavy atom. The number of ether oxygens (including phenoxy) is 3. The minimum absolute atomic E-state index is 0.0367. The van der Waals surface area contributed by atoms with Gasteiger partial charge in [-0.2, -0.15) is 0 Å². The van der Waals surface area contributed by atoms with Gasteiger partial charge in [-0.1, -0.05) is 27.7 Å². The average molecular weight is 515 g/mol. The quantitative estimate of drug-likeness (QED) is 0.435. The molecule has 0 aliphatic carbocycles. The van der Waals surface area contributed by atoms with Crippen molar-refractivity contribution in [3.8, 4) is 34.5 Å². The number of methoxy groups -OCH3 is 2. The van der Waals surface area contributed by atoms with Crippen LogP contribution in [0.1, 0.15) is 74.9 Å². The normalized spacial score (nSPS) is 23.1. The monoisotopic (exact) mass is 514 g/mol. The first kappa shape index (κ1) is 27.4. The van der Waals surface area contributed by atoms with E-state index in [1.165, 1.54) is 9.80 Å². The maximum Gasteiger partial charge on any atom is 0.211 e. The highest BCUT2D eigenvalue weighted by molar-refractivity contribution is 5.65. The van der Waals surface area contributed by atoms with Crippen LogP contribution in [-0.4, -0.2) is 51.6 Å². The van der Waals surface area contributed by atoms with Gasteiger partial charge in [0.15, 0.2) is 23.0 Å². The first-order valence-electron chi connectivity index (χ1n) is 13.7. The van der Waals surface area contributed by atoms with Crippen LogP contribution in [0.15, 0.2) is 12.1 Å². The van der Waals surface area contributed by atoms with Crippen LogP contribution in [0.5, 0.6) is 34.5 Å². The third kappa shape index (κ3) is 5.21. The number of phenols is 2. The Labute approximate surface area is 221 Å². The van der Waals surface area contributed by atoms with Gasteiger partial charge in [0.25, 0.3) is 0 Å². The lowest BCUT2D eigenvalue weighted by Crippen LogP contribution is -3.10. The van der Waals surface area contributed by atoms with Gasteiger partial charge in [-0.3, -0.25) is 0 Å². The third-order valence-electron chi connectivity index (χ3n) is 8.21. The van der Waals surface area contributed by atoms with Gasteiger partial charge in [-0.15, -0.1) is 0 Å². The van der Waals surface area contributed by atoms with E-state index < -0.39 is 0 Å². The van der Waals surface area contributed by atoms with Gasteiger partial charge in [0.1, 0.15) is 12.1 Å². The highest BCUT2D eigenvalue weighted by atomic mass is 16.5. The number of fused-ring (bicyclic) bond motifs is 2. The summed E-state index contributed by atoms with van der Waals surface area (Å²) < 4.78 is 17.9. The second-order valence-corrected chi connectivity index (χ2v) is 11.8. The highest BCUT2D eigenvalue weighted by Gasteiger charge is 2.38. The van der Waals surface area contributed by atoms with Crippen LogP contribution in [0, 0.1) is 11.8 Å². The molecular formula is C30H46N2O5+2. The number of quaternary nitrogens is 2. The highest BCUT2D eigenvalue weighted by Crippen LogP contribution is 2.52. The summed E-state index contributed by atoms with van der Waals surface area (Å²) in [7, 11) is 7.55. The summed E-state index contributed by atoms with van der Waals surface area (Å²) >= 11 is 0. The van der Waals surface area contributed by atoms with Gasteiger partial charge in [-0.25, -0.2) is 0 Å². The molecule has 4 N–H and O–H groups in total. The van der Waals surface area contributed by atoms with E-state index in [4.69, 9.17) is 14.2 Å². The average Bonchev–Trinajstić information content (AvgIpc) is 2.84. The molecule has 2 aliphatic heterocycles. The predicted molar refractivity (Wildman–Crippen MR) is 145 cm³/mol. The van der Waals surface area contributed by atoms with Crippen molar-refractivity contribution >= 4 is 0 Å². The molecule has 4 atom stereocenters. The molecule has 0 radical (unpaired) electrons. The SMILES string of the molecule is COc1cc2c(c(Oc3c(OC)cc4c(c3O)[C@H](CC(C)C)[NH+](C)CC4)c1O)[C@@H](CC(C)C)[NH+](C)CC2. The van der Waals surface area contributed by atoms with Crippen LogP contribution in [0.2, 0.25) is 0 Å². The Hall–Kier alpha value is -2.64. The lowest BCUT2D eigenvalue weighted by atomic mass is 9.86. The second kappa shape index (κ2) is 11.0. The van der Waals surface area contributed by atoms with Crippen LogP contribution in [0.25, 0.3) is 0 Å². The van der Waals surface area contributed by atoms with Crippen molar-refractivity contribution in [1.82, 2.24) is 0 Å². The Morgan fingerprint density at radius 1 is 0.757 bits per heavy atom. The molecule has 7 nitrogen and oxygen atoms in total.